The van der Waals surface area contributed by atoms with Crippen molar-refractivity contribution in [3.8, 4) is 11.5 Å². The zero-order valence-electron chi connectivity index (χ0n) is 15.5. The second kappa shape index (κ2) is 8.22. The fraction of sp³-hybridized carbons (Fsp3) is 0.0435. The summed E-state index contributed by atoms with van der Waals surface area (Å²) >= 11 is 0. The predicted octanol–water partition coefficient (Wildman–Crippen LogP) is 6.06. The number of ether oxygens (including phenoxy) is 1. The quantitative estimate of drug-likeness (QED) is 0.433. The Kier molecular flexibility index (Phi) is 5.15. The molecule has 0 aliphatic carbocycles. The second-order valence-electron chi connectivity index (χ2n) is 6.32. The van der Waals surface area contributed by atoms with Gasteiger partial charge in [0.05, 0.1) is 0 Å². The van der Waals surface area contributed by atoms with E-state index in [1.807, 2.05) is 72.8 Å². The van der Waals surface area contributed by atoms with Crippen LogP contribution in [0.4, 0.5) is 23.1 Å². The van der Waals surface area contributed by atoms with Crippen LogP contribution in [-0.2, 0) is 0 Å². The van der Waals surface area contributed by atoms with E-state index in [1.54, 1.807) is 6.20 Å². The maximum atomic E-state index is 5.81. The normalized spacial score (nSPS) is 10.3. The highest BCUT2D eigenvalue weighted by atomic mass is 16.5. The first kappa shape index (κ1) is 17.5. The van der Waals surface area contributed by atoms with Gasteiger partial charge in [-0.25, -0.2) is 4.98 Å². The molecule has 0 saturated heterocycles. The number of hydrogen-bond acceptors (Lipinski definition) is 5. The Bertz CT molecular complexity index is 1030. The fourth-order valence-electron chi connectivity index (χ4n) is 2.63. The minimum absolute atomic E-state index is 0.522. The number of aromatic nitrogens is 2. The first-order valence-corrected chi connectivity index (χ1v) is 9.01. The first-order chi connectivity index (χ1) is 13.7. The number of hydrogen-bond donors (Lipinski definition) is 2. The van der Waals surface area contributed by atoms with Crippen LogP contribution in [0.2, 0.25) is 0 Å². The van der Waals surface area contributed by atoms with Gasteiger partial charge in [-0.05, 0) is 61.5 Å². The maximum Gasteiger partial charge on any atom is 0.229 e. The van der Waals surface area contributed by atoms with Crippen LogP contribution < -0.4 is 15.4 Å². The van der Waals surface area contributed by atoms with Gasteiger partial charge in [-0.1, -0.05) is 35.9 Å². The lowest BCUT2D eigenvalue weighted by molar-refractivity contribution is 0.483. The molecule has 4 aromatic rings. The molecule has 0 fully saturated rings. The van der Waals surface area contributed by atoms with Crippen molar-refractivity contribution in [3.63, 3.8) is 0 Å². The number of nitrogens with one attached hydrogen (secondary N) is 2. The Morgan fingerprint density at radius 3 is 2.07 bits per heavy atom. The van der Waals surface area contributed by atoms with Crippen LogP contribution in [-0.4, -0.2) is 9.97 Å². The standard InChI is InChI=1S/C23H20N4O/c1-17-7-9-18(10-8-17)25-22-15-16-24-23(27-22)26-19-11-13-21(14-12-19)28-20-5-3-2-4-6-20/h2-16H,1H3,(H2,24,25,26,27). The average molecular weight is 368 g/mol. The molecule has 0 unspecified atom stereocenters. The molecular weight excluding hydrogens is 348 g/mol. The van der Waals surface area contributed by atoms with E-state index in [2.05, 4.69) is 39.7 Å². The average Bonchev–Trinajstić information content (AvgIpc) is 2.72. The minimum atomic E-state index is 0.522. The third-order valence-electron chi connectivity index (χ3n) is 4.07. The Balaban J connectivity index is 1.42. The highest BCUT2D eigenvalue weighted by Gasteiger charge is 2.02. The van der Waals surface area contributed by atoms with E-state index in [0.717, 1.165) is 28.7 Å². The van der Waals surface area contributed by atoms with Crippen LogP contribution in [0.25, 0.3) is 0 Å². The lowest BCUT2D eigenvalue weighted by Gasteiger charge is -2.10. The molecule has 3 aromatic carbocycles. The number of aryl methyl sites for hydroxylation is 1. The van der Waals surface area contributed by atoms with E-state index < -0.39 is 0 Å². The Hall–Kier alpha value is -3.86. The number of nitrogens with zero attached hydrogens (tertiary/aromatic N) is 2. The summed E-state index contributed by atoms with van der Waals surface area (Å²) in [5.74, 6) is 2.83. The van der Waals surface area contributed by atoms with Gasteiger partial charge >= 0.3 is 0 Å². The lowest BCUT2D eigenvalue weighted by Crippen LogP contribution is -2.00. The first-order valence-electron chi connectivity index (χ1n) is 9.01. The molecular formula is C23H20N4O. The Morgan fingerprint density at radius 2 is 1.32 bits per heavy atom. The molecule has 0 saturated carbocycles. The summed E-state index contributed by atoms with van der Waals surface area (Å²) in [4.78, 5) is 8.80. The third kappa shape index (κ3) is 4.65. The SMILES string of the molecule is Cc1ccc(Nc2ccnc(Nc3ccc(Oc4ccccc4)cc3)n2)cc1. The monoisotopic (exact) mass is 368 g/mol. The van der Waals surface area contributed by atoms with E-state index >= 15 is 0 Å². The van der Waals surface area contributed by atoms with Crippen molar-refractivity contribution in [2.24, 2.45) is 0 Å². The molecule has 2 N–H and O–H groups in total. The minimum Gasteiger partial charge on any atom is -0.457 e. The molecule has 5 heteroatoms. The molecule has 0 spiro atoms. The zero-order valence-corrected chi connectivity index (χ0v) is 15.5. The Labute approximate surface area is 164 Å². The van der Waals surface area contributed by atoms with Gasteiger partial charge in [-0.2, -0.15) is 4.98 Å². The second-order valence-corrected chi connectivity index (χ2v) is 6.32. The van der Waals surface area contributed by atoms with Gasteiger partial charge in [0.1, 0.15) is 17.3 Å². The van der Waals surface area contributed by atoms with Crippen LogP contribution in [0.15, 0.2) is 91.1 Å². The molecule has 1 heterocycles. The number of para-hydroxylation sites is 1. The van der Waals surface area contributed by atoms with Crippen LogP contribution in [0.3, 0.4) is 0 Å². The number of anilines is 4. The zero-order chi connectivity index (χ0) is 19.2. The van der Waals surface area contributed by atoms with Gasteiger partial charge in [0, 0.05) is 17.6 Å². The van der Waals surface area contributed by atoms with Crippen molar-refractivity contribution in [2.75, 3.05) is 10.6 Å². The number of rotatable bonds is 6. The van der Waals surface area contributed by atoms with E-state index in [9.17, 15) is 0 Å². The van der Waals surface area contributed by atoms with Crippen LogP contribution in [0.5, 0.6) is 11.5 Å². The fourth-order valence-corrected chi connectivity index (χ4v) is 2.63. The van der Waals surface area contributed by atoms with Crippen molar-refractivity contribution in [2.45, 2.75) is 6.92 Å². The smallest absolute Gasteiger partial charge is 0.229 e. The third-order valence-corrected chi connectivity index (χ3v) is 4.07. The molecule has 1 aromatic heterocycles. The van der Waals surface area contributed by atoms with E-state index in [0.29, 0.717) is 5.95 Å². The molecule has 4 rings (SSSR count). The molecule has 0 aliphatic rings. The van der Waals surface area contributed by atoms with Gasteiger partial charge in [0.2, 0.25) is 5.95 Å². The van der Waals surface area contributed by atoms with Gasteiger partial charge in [-0.3, -0.25) is 0 Å². The summed E-state index contributed by atoms with van der Waals surface area (Å²) in [7, 11) is 0. The molecule has 5 nitrogen and oxygen atoms in total. The van der Waals surface area contributed by atoms with E-state index in [1.165, 1.54) is 5.56 Å². The summed E-state index contributed by atoms with van der Waals surface area (Å²) in [5, 5.41) is 6.50. The van der Waals surface area contributed by atoms with Crippen LogP contribution >= 0.6 is 0 Å². The highest BCUT2D eigenvalue weighted by Crippen LogP contribution is 2.24. The largest absolute Gasteiger partial charge is 0.457 e. The topological polar surface area (TPSA) is 59.1 Å². The van der Waals surface area contributed by atoms with Crippen molar-refractivity contribution in [1.29, 1.82) is 0 Å². The highest BCUT2D eigenvalue weighted by molar-refractivity contribution is 5.60. The van der Waals surface area contributed by atoms with Crippen molar-refractivity contribution < 1.29 is 4.74 Å². The maximum absolute atomic E-state index is 5.81. The summed E-state index contributed by atoms with van der Waals surface area (Å²) in [6.45, 7) is 2.06. The van der Waals surface area contributed by atoms with Crippen LogP contribution in [0.1, 0.15) is 5.56 Å². The summed E-state index contributed by atoms with van der Waals surface area (Å²) in [6, 6.07) is 27.4. The predicted molar refractivity (Wildman–Crippen MR) is 113 cm³/mol. The molecule has 28 heavy (non-hydrogen) atoms. The van der Waals surface area contributed by atoms with E-state index in [-0.39, 0.29) is 0 Å². The van der Waals surface area contributed by atoms with Gasteiger partial charge in [-0.15, -0.1) is 0 Å². The summed E-state index contributed by atoms with van der Waals surface area (Å²) in [5.41, 5.74) is 3.08. The van der Waals surface area contributed by atoms with Gasteiger partial charge < -0.3 is 15.4 Å². The Morgan fingerprint density at radius 1 is 0.679 bits per heavy atom. The molecule has 0 bridgehead atoms. The van der Waals surface area contributed by atoms with Gasteiger partial charge in [0.15, 0.2) is 0 Å². The lowest BCUT2D eigenvalue weighted by atomic mass is 10.2. The van der Waals surface area contributed by atoms with Crippen molar-refractivity contribution >= 4 is 23.1 Å². The van der Waals surface area contributed by atoms with Crippen molar-refractivity contribution in [1.82, 2.24) is 9.97 Å². The van der Waals surface area contributed by atoms with E-state index in [4.69, 9.17) is 4.74 Å². The molecule has 0 amide bonds. The molecule has 138 valence electrons. The molecule has 0 atom stereocenters. The van der Waals surface area contributed by atoms with Crippen molar-refractivity contribution in [3.05, 3.63) is 96.7 Å². The molecule has 0 aliphatic heterocycles. The number of benzene rings is 3. The molecule has 0 radical (unpaired) electrons. The van der Waals surface area contributed by atoms with Crippen LogP contribution in [0, 0.1) is 6.92 Å². The van der Waals surface area contributed by atoms with Gasteiger partial charge in [0.25, 0.3) is 0 Å². The summed E-state index contributed by atoms with van der Waals surface area (Å²) < 4.78 is 5.81. The summed E-state index contributed by atoms with van der Waals surface area (Å²) in [6.07, 6.45) is 1.72.